The van der Waals surface area contributed by atoms with Gasteiger partial charge in [-0.15, -0.1) is 0 Å². The van der Waals surface area contributed by atoms with Crippen molar-refractivity contribution in [3.05, 3.63) is 41.7 Å². The number of rotatable bonds is 5. The van der Waals surface area contributed by atoms with Crippen molar-refractivity contribution in [1.29, 1.82) is 0 Å². The Morgan fingerprint density at radius 2 is 2.24 bits per heavy atom. The molecule has 0 aliphatic heterocycles. The number of aryl methyl sites for hydroxylation is 4. The molecule has 2 aromatic heterocycles. The van der Waals surface area contributed by atoms with Gasteiger partial charge in [-0.2, -0.15) is 0 Å². The number of fused-ring (bicyclic) bond motifs is 1. The highest BCUT2D eigenvalue weighted by Crippen LogP contribution is 2.29. The smallest absolute Gasteiger partial charge is 0.110 e. The maximum Gasteiger partial charge on any atom is 0.110 e. The van der Waals surface area contributed by atoms with Crippen LogP contribution < -0.4 is 5.32 Å². The molecule has 1 N–H and O–H groups in total. The normalized spacial score (nSPS) is 18.5. The van der Waals surface area contributed by atoms with Crippen molar-refractivity contribution in [1.82, 2.24) is 19.4 Å². The Balaban J connectivity index is 1.73. The van der Waals surface area contributed by atoms with Crippen molar-refractivity contribution in [2.45, 2.75) is 51.6 Å². The van der Waals surface area contributed by atoms with E-state index in [0.717, 1.165) is 25.3 Å². The van der Waals surface area contributed by atoms with E-state index in [0.29, 0.717) is 6.04 Å². The zero-order valence-corrected chi connectivity index (χ0v) is 13.2. The zero-order valence-electron chi connectivity index (χ0n) is 13.2. The summed E-state index contributed by atoms with van der Waals surface area (Å²) in [5.74, 6) is 1.15. The van der Waals surface area contributed by atoms with Crippen molar-refractivity contribution in [2.75, 3.05) is 6.54 Å². The molecule has 114 valence electrons. The number of aromatic nitrogens is 3. The van der Waals surface area contributed by atoms with Gasteiger partial charge in [-0.1, -0.05) is 13.3 Å². The molecule has 1 aliphatic carbocycles. The molecule has 0 saturated heterocycles. The van der Waals surface area contributed by atoms with Crippen LogP contribution in [0.25, 0.3) is 0 Å². The number of nitrogens with one attached hydrogen (secondary N) is 1. The molecule has 2 aromatic rings. The van der Waals surface area contributed by atoms with E-state index in [9.17, 15) is 0 Å². The van der Waals surface area contributed by atoms with Gasteiger partial charge >= 0.3 is 0 Å². The van der Waals surface area contributed by atoms with Gasteiger partial charge in [0.2, 0.25) is 0 Å². The Labute approximate surface area is 127 Å². The van der Waals surface area contributed by atoms with E-state index < -0.39 is 0 Å². The van der Waals surface area contributed by atoms with Crippen LogP contribution in [0, 0.1) is 0 Å². The zero-order chi connectivity index (χ0) is 14.7. The van der Waals surface area contributed by atoms with Crippen LogP contribution >= 0.6 is 0 Å². The SMILES string of the molecule is CCNC1CCCCc2cn(CCc3nccn3C)cc21. The Bertz CT molecular complexity index is 581. The predicted molar refractivity (Wildman–Crippen MR) is 85.3 cm³/mol. The lowest BCUT2D eigenvalue weighted by molar-refractivity contribution is 0.501. The minimum atomic E-state index is 0.543. The fraction of sp³-hybridized carbons (Fsp3) is 0.588. The summed E-state index contributed by atoms with van der Waals surface area (Å²) in [7, 11) is 2.06. The van der Waals surface area contributed by atoms with E-state index in [4.69, 9.17) is 0 Å². The van der Waals surface area contributed by atoms with Crippen molar-refractivity contribution < 1.29 is 0 Å². The van der Waals surface area contributed by atoms with Gasteiger partial charge in [-0.3, -0.25) is 0 Å². The maximum atomic E-state index is 4.41. The molecule has 1 atom stereocenters. The first kappa shape index (κ1) is 14.4. The van der Waals surface area contributed by atoms with Crippen molar-refractivity contribution in [3.8, 4) is 0 Å². The second kappa shape index (κ2) is 6.48. The summed E-state index contributed by atoms with van der Waals surface area (Å²) in [4.78, 5) is 4.41. The molecule has 3 rings (SSSR count). The van der Waals surface area contributed by atoms with Crippen molar-refractivity contribution >= 4 is 0 Å². The van der Waals surface area contributed by atoms with E-state index >= 15 is 0 Å². The van der Waals surface area contributed by atoms with Crippen LogP contribution in [0.5, 0.6) is 0 Å². The number of hydrogen-bond donors (Lipinski definition) is 1. The quantitative estimate of drug-likeness (QED) is 0.858. The molecular formula is C17H26N4. The molecule has 0 bridgehead atoms. The fourth-order valence-electron chi connectivity index (χ4n) is 3.37. The van der Waals surface area contributed by atoms with Crippen LogP contribution in [0.2, 0.25) is 0 Å². The lowest BCUT2D eigenvalue weighted by atomic mass is 10.0. The average molecular weight is 286 g/mol. The summed E-state index contributed by atoms with van der Waals surface area (Å²) >= 11 is 0. The average Bonchev–Trinajstić information content (AvgIpc) is 3.02. The summed E-state index contributed by atoms with van der Waals surface area (Å²) in [6.45, 7) is 4.25. The maximum absolute atomic E-state index is 4.41. The van der Waals surface area contributed by atoms with Gasteiger partial charge in [0.15, 0.2) is 0 Å². The van der Waals surface area contributed by atoms with Crippen molar-refractivity contribution in [2.24, 2.45) is 7.05 Å². The lowest BCUT2D eigenvalue weighted by Crippen LogP contribution is -2.20. The standard InChI is InChI=1S/C17H26N4/c1-3-18-16-7-5-4-6-14-12-21(13-15(14)16)10-8-17-19-9-11-20(17)2/h9,11-13,16,18H,3-8,10H2,1-2H3. The topological polar surface area (TPSA) is 34.8 Å². The number of nitrogens with zero attached hydrogens (tertiary/aromatic N) is 3. The molecule has 1 aliphatic rings. The van der Waals surface area contributed by atoms with Gasteiger partial charge < -0.3 is 14.5 Å². The highest BCUT2D eigenvalue weighted by Gasteiger charge is 2.19. The fourth-order valence-corrected chi connectivity index (χ4v) is 3.37. The second-order valence-electron chi connectivity index (χ2n) is 6.04. The van der Waals surface area contributed by atoms with Gasteiger partial charge in [0.25, 0.3) is 0 Å². The van der Waals surface area contributed by atoms with E-state index in [1.165, 1.54) is 31.2 Å². The van der Waals surface area contributed by atoms with Gasteiger partial charge in [-0.25, -0.2) is 4.98 Å². The molecule has 0 aromatic carbocycles. The van der Waals surface area contributed by atoms with Gasteiger partial charge in [0.1, 0.15) is 5.82 Å². The Morgan fingerprint density at radius 1 is 1.33 bits per heavy atom. The molecule has 1 unspecified atom stereocenters. The first-order valence-corrected chi connectivity index (χ1v) is 8.16. The summed E-state index contributed by atoms with van der Waals surface area (Å²) in [5, 5.41) is 3.64. The molecule has 21 heavy (non-hydrogen) atoms. The van der Waals surface area contributed by atoms with Crippen LogP contribution in [-0.4, -0.2) is 20.7 Å². The van der Waals surface area contributed by atoms with E-state index in [1.807, 2.05) is 12.4 Å². The summed E-state index contributed by atoms with van der Waals surface area (Å²) in [5.41, 5.74) is 3.06. The number of hydrogen-bond acceptors (Lipinski definition) is 2. The monoisotopic (exact) mass is 286 g/mol. The third-order valence-corrected chi connectivity index (χ3v) is 4.53. The minimum absolute atomic E-state index is 0.543. The highest BCUT2D eigenvalue weighted by atomic mass is 15.0. The second-order valence-corrected chi connectivity index (χ2v) is 6.04. The molecule has 0 spiro atoms. The Kier molecular flexibility index (Phi) is 4.44. The van der Waals surface area contributed by atoms with Crippen LogP contribution in [0.1, 0.15) is 49.2 Å². The van der Waals surface area contributed by atoms with E-state index in [-0.39, 0.29) is 0 Å². The lowest BCUT2D eigenvalue weighted by Gasteiger charge is -2.15. The predicted octanol–water partition coefficient (Wildman–Crippen LogP) is 2.84. The van der Waals surface area contributed by atoms with E-state index in [1.54, 1.807) is 5.56 Å². The molecule has 4 nitrogen and oxygen atoms in total. The van der Waals surface area contributed by atoms with E-state index in [2.05, 4.69) is 45.8 Å². The Morgan fingerprint density at radius 3 is 3.00 bits per heavy atom. The van der Waals surface area contributed by atoms with Crippen LogP contribution in [0.4, 0.5) is 0 Å². The van der Waals surface area contributed by atoms with Crippen LogP contribution in [-0.2, 0) is 26.4 Å². The highest BCUT2D eigenvalue weighted by molar-refractivity contribution is 5.29. The molecule has 2 heterocycles. The molecule has 4 heteroatoms. The first-order chi connectivity index (χ1) is 10.3. The van der Waals surface area contributed by atoms with Crippen LogP contribution in [0.15, 0.2) is 24.8 Å². The van der Waals surface area contributed by atoms with Crippen LogP contribution in [0.3, 0.4) is 0 Å². The van der Waals surface area contributed by atoms with Gasteiger partial charge in [0, 0.05) is 50.8 Å². The largest absolute Gasteiger partial charge is 0.353 e. The summed E-state index contributed by atoms with van der Waals surface area (Å²) < 4.78 is 4.46. The number of imidazole rings is 1. The Hall–Kier alpha value is -1.55. The summed E-state index contributed by atoms with van der Waals surface area (Å²) in [6, 6.07) is 0.543. The molecular weight excluding hydrogens is 260 g/mol. The van der Waals surface area contributed by atoms with Crippen molar-refractivity contribution in [3.63, 3.8) is 0 Å². The summed E-state index contributed by atoms with van der Waals surface area (Å²) in [6.07, 6.45) is 14.7. The molecule has 0 saturated carbocycles. The third-order valence-electron chi connectivity index (χ3n) is 4.53. The molecule has 0 fully saturated rings. The molecule has 0 radical (unpaired) electrons. The first-order valence-electron chi connectivity index (χ1n) is 8.16. The van der Waals surface area contributed by atoms with Gasteiger partial charge in [0.05, 0.1) is 0 Å². The third kappa shape index (κ3) is 3.21. The minimum Gasteiger partial charge on any atom is -0.353 e. The molecule has 0 amide bonds. The van der Waals surface area contributed by atoms with Gasteiger partial charge in [-0.05, 0) is 36.9 Å².